The number of aromatic hydroxyl groups is 1. The summed E-state index contributed by atoms with van der Waals surface area (Å²) < 4.78 is 0. The largest absolute Gasteiger partial charge is 0.507 e. The Morgan fingerprint density at radius 1 is 0.780 bits per heavy atom. The number of phenolic OH excluding ortho intramolecular Hbond substituents is 1. The van der Waals surface area contributed by atoms with Crippen LogP contribution in [-0.2, 0) is 24.9 Å². The van der Waals surface area contributed by atoms with Gasteiger partial charge in [-0.25, -0.2) is 0 Å². The van der Waals surface area contributed by atoms with Gasteiger partial charge in [0.2, 0.25) is 0 Å². The van der Waals surface area contributed by atoms with Crippen LogP contribution in [0.1, 0.15) is 84.3 Å². The van der Waals surface area contributed by atoms with Crippen LogP contribution in [0.4, 0.5) is 5.69 Å². The monoisotopic (exact) mass is 563 g/mol. The standard InChI is InChI=1S/C37H38ClNO2/c1-5-6-7-27-8-10-28(11-9-27)12-13-29-14-16-30(17-15-29)25-39(33-22-23-35(40)34(24-33)36(38)41)26-31-18-20-32(21-19-31)37(2,3)4/h8-11,14-24,40H,5-7,25-26H2,1-4H3. The summed E-state index contributed by atoms with van der Waals surface area (Å²) in [6.45, 7) is 10.0. The number of hydrogen-bond acceptors (Lipinski definition) is 3. The van der Waals surface area contributed by atoms with Crippen molar-refractivity contribution in [3.8, 4) is 17.6 Å². The van der Waals surface area contributed by atoms with E-state index in [2.05, 4.69) is 105 Å². The van der Waals surface area contributed by atoms with E-state index in [4.69, 9.17) is 11.6 Å². The number of unbranched alkanes of at least 4 members (excludes halogenated alkanes) is 1. The Kier molecular flexibility index (Phi) is 9.92. The molecule has 0 aliphatic carbocycles. The van der Waals surface area contributed by atoms with E-state index in [0.717, 1.165) is 34.4 Å². The Hall–Kier alpha value is -4.00. The molecule has 0 aliphatic rings. The zero-order valence-electron chi connectivity index (χ0n) is 24.4. The number of carbonyl (C=O) groups excluding carboxylic acids is 1. The zero-order chi connectivity index (χ0) is 29.4. The molecule has 0 saturated heterocycles. The lowest BCUT2D eigenvalue weighted by Crippen LogP contribution is -2.22. The van der Waals surface area contributed by atoms with Crippen LogP contribution in [0.2, 0.25) is 0 Å². The molecule has 0 amide bonds. The van der Waals surface area contributed by atoms with E-state index in [1.54, 1.807) is 6.07 Å². The summed E-state index contributed by atoms with van der Waals surface area (Å²) in [5.41, 5.74) is 7.82. The van der Waals surface area contributed by atoms with Crippen molar-refractivity contribution in [2.45, 2.75) is 65.5 Å². The van der Waals surface area contributed by atoms with E-state index in [1.165, 1.54) is 30.0 Å². The van der Waals surface area contributed by atoms with E-state index in [0.29, 0.717) is 13.1 Å². The second-order valence-electron chi connectivity index (χ2n) is 11.5. The molecule has 4 rings (SSSR count). The molecule has 0 heterocycles. The van der Waals surface area contributed by atoms with Crippen molar-refractivity contribution in [2.24, 2.45) is 0 Å². The summed E-state index contributed by atoms with van der Waals surface area (Å²) >= 11 is 5.75. The Labute approximate surface area is 249 Å². The Balaban J connectivity index is 1.54. The molecule has 0 unspecified atom stereocenters. The normalized spacial score (nSPS) is 11.0. The minimum Gasteiger partial charge on any atom is -0.507 e. The summed E-state index contributed by atoms with van der Waals surface area (Å²) in [6, 6.07) is 30.4. The number of benzene rings is 4. The molecule has 4 aromatic rings. The van der Waals surface area contributed by atoms with E-state index < -0.39 is 5.24 Å². The van der Waals surface area contributed by atoms with Crippen LogP contribution in [-0.4, -0.2) is 10.3 Å². The maximum absolute atomic E-state index is 11.9. The van der Waals surface area contributed by atoms with Gasteiger partial charge in [0, 0.05) is 29.9 Å². The molecule has 3 nitrogen and oxygen atoms in total. The maximum atomic E-state index is 11.9. The molecule has 0 fully saturated rings. The van der Waals surface area contributed by atoms with Crippen LogP contribution in [0.15, 0.2) is 91.0 Å². The first-order valence-electron chi connectivity index (χ1n) is 14.2. The second kappa shape index (κ2) is 13.6. The van der Waals surface area contributed by atoms with Gasteiger partial charge in [-0.2, -0.15) is 0 Å². The highest BCUT2D eigenvalue weighted by Gasteiger charge is 2.16. The molecule has 0 atom stereocenters. The summed E-state index contributed by atoms with van der Waals surface area (Å²) in [7, 11) is 0. The summed E-state index contributed by atoms with van der Waals surface area (Å²) in [5, 5.41) is 9.46. The van der Waals surface area contributed by atoms with E-state index in [1.807, 2.05) is 18.2 Å². The van der Waals surface area contributed by atoms with E-state index in [9.17, 15) is 9.90 Å². The number of rotatable bonds is 9. The van der Waals surface area contributed by atoms with Gasteiger partial charge in [-0.1, -0.05) is 94.5 Å². The molecule has 1 N–H and O–H groups in total. The first-order chi connectivity index (χ1) is 19.6. The minimum absolute atomic E-state index is 0.0769. The molecule has 4 aromatic carbocycles. The predicted molar refractivity (Wildman–Crippen MR) is 171 cm³/mol. The van der Waals surface area contributed by atoms with Crippen LogP contribution in [0, 0.1) is 11.8 Å². The lowest BCUT2D eigenvalue weighted by Gasteiger charge is -2.26. The number of aryl methyl sites for hydroxylation is 1. The van der Waals surface area contributed by atoms with Gasteiger partial charge in [0.25, 0.3) is 5.24 Å². The highest BCUT2D eigenvalue weighted by molar-refractivity contribution is 6.68. The Morgan fingerprint density at radius 3 is 1.78 bits per heavy atom. The lowest BCUT2D eigenvalue weighted by atomic mass is 9.87. The van der Waals surface area contributed by atoms with Crippen molar-refractivity contribution in [3.05, 3.63) is 130 Å². The number of nitrogens with zero attached hydrogens (tertiary/aromatic N) is 1. The van der Waals surface area contributed by atoms with Gasteiger partial charge in [0.05, 0.1) is 5.56 Å². The van der Waals surface area contributed by atoms with Gasteiger partial charge in [-0.3, -0.25) is 4.79 Å². The van der Waals surface area contributed by atoms with Gasteiger partial charge in [-0.15, -0.1) is 0 Å². The molecule has 0 radical (unpaired) electrons. The number of halogens is 1. The van der Waals surface area contributed by atoms with Crippen molar-refractivity contribution in [1.29, 1.82) is 0 Å². The van der Waals surface area contributed by atoms with E-state index >= 15 is 0 Å². The second-order valence-corrected chi connectivity index (χ2v) is 11.9. The lowest BCUT2D eigenvalue weighted by molar-refractivity contribution is 0.107. The molecule has 0 saturated carbocycles. The van der Waals surface area contributed by atoms with Gasteiger partial charge in [0.15, 0.2) is 0 Å². The van der Waals surface area contributed by atoms with E-state index in [-0.39, 0.29) is 16.7 Å². The molecular formula is C37H38ClNO2. The zero-order valence-corrected chi connectivity index (χ0v) is 25.1. The third-order valence-corrected chi connectivity index (χ3v) is 7.41. The van der Waals surface area contributed by atoms with Crippen LogP contribution in [0.3, 0.4) is 0 Å². The fourth-order valence-electron chi connectivity index (χ4n) is 4.64. The smallest absolute Gasteiger partial charge is 0.256 e. The quantitative estimate of drug-likeness (QED) is 0.163. The summed E-state index contributed by atoms with van der Waals surface area (Å²) in [6.07, 6.45) is 3.51. The first-order valence-corrected chi connectivity index (χ1v) is 14.6. The van der Waals surface area contributed by atoms with Gasteiger partial charge >= 0.3 is 0 Å². The molecule has 210 valence electrons. The molecule has 0 spiro atoms. The molecule has 0 aliphatic heterocycles. The first kappa shape index (κ1) is 30.0. The predicted octanol–water partition coefficient (Wildman–Crippen LogP) is 9.02. The summed E-state index contributed by atoms with van der Waals surface area (Å²) in [4.78, 5) is 14.1. The number of hydrogen-bond donors (Lipinski definition) is 1. The van der Waals surface area contributed by atoms with Crippen molar-refractivity contribution < 1.29 is 9.90 Å². The van der Waals surface area contributed by atoms with Crippen molar-refractivity contribution in [2.75, 3.05) is 4.90 Å². The Morgan fingerprint density at radius 2 is 1.29 bits per heavy atom. The van der Waals surface area contributed by atoms with Crippen molar-refractivity contribution in [3.63, 3.8) is 0 Å². The Bertz CT molecular complexity index is 1520. The number of phenols is 1. The molecule has 41 heavy (non-hydrogen) atoms. The van der Waals surface area contributed by atoms with Gasteiger partial charge in [-0.05, 0) is 94.6 Å². The molecule has 0 bridgehead atoms. The molecule has 0 aromatic heterocycles. The van der Waals surface area contributed by atoms with Crippen LogP contribution in [0.25, 0.3) is 0 Å². The third kappa shape index (κ3) is 8.49. The van der Waals surface area contributed by atoms with Crippen LogP contribution < -0.4 is 4.90 Å². The van der Waals surface area contributed by atoms with Crippen LogP contribution >= 0.6 is 11.6 Å². The van der Waals surface area contributed by atoms with Crippen molar-refractivity contribution in [1.82, 2.24) is 0 Å². The highest BCUT2D eigenvalue weighted by Crippen LogP contribution is 2.29. The average Bonchev–Trinajstić information content (AvgIpc) is 2.96. The van der Waals surface area contributed by atoms with Gasteiger partial charge < -0.3 is 10.0 Å². The van der Waals surface area contributed by atoms with Crippen molar-refractivity contribution >= 4 is 22.5 Å². The number of anilines is 1. The highest BCUT2D eigenvalue weighted by atomic mass is 35.5. The third-order valence-electron chi connectivity index (χ3n) is 7.20. The number of carbonyl (C=O) groups is 1. The SMILES string of the molecule is CCCCc1ccc(C#Cc2ccc(CN(Cc3ccc(C(C)(C)C)cc3)c3ccc(O)c(C(=O)Cl)c3)cc2)cc1. The topological polar surface area (TPSA) is 40.5 Å². The molecule has 4 heteroatoms. The molecular weight excluding hydrogens is 526 g/mol. The fraction of sp³-hybridized carbons (Fsp3) is 0.270. The van der Waals surface area contributed by atoms with Gasteiger partial charge in [0.1, 0.15) is 5.75 Å². The fourth-order valence-corrected chi connectivity index (χ4v) is 4.79. The minimum atomic E-state index is -0.683. The average molecular weight is 564 g/mol. The summed E-state index contributed by atoms with van der Waals surface area (Å²) in [5.74, 6) is 6.42. The van der Waals surface area contributed by atoms with Crippen LogP contribution in [0.5, 0.6) is 5.75 Å². The maximum Gasteiger partial charge on any atom is 0.256 e.